The zero-order chi connectivity index (χ0) is 26.3. The quantitative estimate of drug-likeness (QED) is 0.505. The van der Waals surface area contributed by atoms with Gasteiger partial charge in [-0.2, -0.15) is 0 Å². The number of nitrogens with one attached hydrogen (secondary N) is 2. The minimum absolute atomic E-state index is 0.0308. The lowest BCUT2D eigenvalue weighted by atomic mass is 10.0. The van der Waals surface area contributed by atoms with Crippen LogP contribution in [-0.4, -0.2) is 73.9 Å². The summed E-state index contributed by atoms with van der Waals surface area (Å²) in [5.74, 6) is -3.08. The van der Waals surface area contributed by atoms with Gasteiger partial charge in [0, 0.05) is 24.5 Å². The number of halogens is 4. The molecule has 1 amide bonds. The number of anilines is 2. The van der Waals surface area contributed by atoms with E-state index >= 15 is 0 Å². The Balaban J connectivity index is 1.53. The molecule has 2 aromatic heterocycles. The van der Waals surface area contributed by atoms with Gasteiger partial charge < -0.3 is 25.4 Å². The molecule has 13 heteroatoms. The zero-order valence-electron chi connectivity index (χ0n) is 20.3. The maximum absolute atomic E-state index is 14.2. The molecule has 3 N–H and O–H groups in total. The number of β-amino-alcohol motifs (C(OH)–C–C–N with tert-alkyl or cyclic N) is 1. The van der Waals surface area contributed by atoms with Crippen molar-refractivity contribution in [3.8, 4) is 0 Å². The highest BCUT2D eigenvalue weighted by Crippen LogP contribution is 2.38. The first kappa shape index (κ1) is 26.1. The van der Waals surface area contributed by atoms with Gasteiger partial charge in [0.05, 0.1) is 24.7 Å². The average Bonchev–Trinajstić information content (AvgIpc) is 3.11. The van der Waals surface area contributed by atoms with Crippen LogP contribution in [0, 0.1) is 0 Å². The van der Waals surface area contributed by atoms with Crippen molar-refractivity contribution in [3.05, 3.63) is 18.0 Å². The Hall–Kier alpha value is -2.96. The molecule has 0 radical (unpaired) electrons. The highest BCUT2D eigenvalue weighted by atomic mass is 19.3. The highest BCUT2D eigenvalue weighted by Gasteiger charge is 2.44. The predicted octanol–water partition coefficient (Wildman–Crippen LogP) is 4.34. The van der Waals surface area contributed by atoms with Gasteiger partial charge in [-0.1, -0.05) is 0 Å². The molecule has 9 nitrogen and oxygen atoms in total. The number of aliphatic hydroxyl groups is 1. The molecular weight excluding hydrogens is 484 g/mol. The molecule has 4 rings (SSSR count). The first-order valence-corrected chi connectivity index (χ1v) is 11.8. The Labute approximate surface area is 205 Å². The summed E-state index contributed by atoms with van der Waals surface area (Å²) in [6.45, 7) is 5.61. The van der Waals surface area contributed by atoms with E-state index in [9.17, 15) is 27.5 Å². The van der Waals surface area contributed by atoms with Gasteiger partial charge in [-0.05, 0) is 46.1 Å². The van der Waals surface area contributed by atoms with E-state index in [4.69, 9.17) is 4.74 Å². The van der Waals surface area contributed by atoms with Crippen LogP contribution in [0.4, 0.5) is 34.1 Å². The van der Waals surface area contributed by atoms with Crippen LogP contribution in [0.15, 0.2) is 12.3 Å². The summed E-state index contributed by atoms with van der Waals surface area (Å²) in [6.07, 6.45) is -2.53. The zero-order valence-corrected chi connectivity index (χ0v) is 20.3. The van der Waals surface area contributed by atoms with Crippen LogP contribution in [-0.2, 0) is 4.74 Å². The van der Waals surface area contributed by atoms with Gasteiger partial charge in [-0.3, -0.25) is 0 Å². The molecule has 1 saturated carbocycles. The van der Waals surface area contributed by atoms with Gasteiger partial charge in [0.25, 0.3) is 12.3 Å². The van der Waals surface area contributed by atoms with E-state index in [2.05, 4.69) is 25.6 Å². The molecule has 1 saturated heterocycles. The van der Waals surface area contributed by atoms with Gasteiger partial charge in [-0.15, -0.1) is 0 Å². The molecule has 1 aliphatic heterocycles. The van der Waals surface area contributed by atoms with Crippen molar-refractivity contribution in [3.63, 3.8) is 0 Å². The number of amides is 1. The number of fused-ring (bicyclic) bond motifs is 1. The smallest absolute Gasteiger partial charge is 0.410 e. The molecule has 0 bridgehead atoms. The molecule has 3 heterocycles. The van der Waals surface area contributed by atoms with E-state index in [0.29, 0.717) is 19.4 Å². The molecule has 0 spiro atoms. The van der Waals surface area contributed by atoms with E-state index in [1.807, 2.05) is 0 Å². The van der Waals surface area contributed by atoms with Crippen molar-refractivity contribution in [2.75, 3.05) is 23.7 Å². The summed E-state index contributed by atoms with van der Waals surface area (Å²) in [5, 5.41) is 16.4. The second-order valence-corrected chi connectivity index (χ2v) is 10.2. The molecule has 2 fully saturated rings. The number of ether oxygens (including phenoxy) is 1. The SMILES string of the molecule is CC(C)(C)OC(=O)N1CC[C@H](Nc2ncc3cc(C(F)F)nc(NC4CCCC4(F)F)c3n2)[C@H](O)C1. The van der Waals surface area contributed by atoms with Crippen molar-refractivity contribution in [2.45, 2.75) is 82.6 Å². The molecule has 1 unspecified atom stereocenters. The molecule has 1 aliphatic carbocycles. The van der Waals surface area contributed by atoms with Crippen LogP contribution < -0.4 is 10.6 Å². The summed E-state index contributed by atoms with van der Waals surface area (Å²) < 4.78 is 60.6. The van der Waals surface area contributed by atoms with Crippen molar-refractivity contribution in [1.82, 2.24) is 19.9 Å². The number of hydrogen-bond donors (Lipinski definition) is 3. The summed E-state index contributed by atoms with van der Waals surface area (Å²) >= 11 is 0. The Kier molecular flexibility index (Phi) is 7.13. The molecule has 2 aliphatic rings. The van der Waals surface area contributed by atoms with Crippen molar-refractivity contribution >= 4 is 28.8 Å². The van der Waals surface area contributed by atoms with Crippen LogP contribution in [0.2, 0.25) is 0 Å². The Morgan fingerprint density at radius 2 is 2.00 bits per heavy atom. The normalized spacial score (nSPS) is 24.2. The number of aromatic nitrogens is 3. The third-order valence-corrected chi connectivity index (χ3v) is 6.18. The molecule has 3 atom stereocenters. The number of piperidine rings is 1. The van der Waals surface area contributed by atoms with Gasteiger partial charge in [-0.25, -0.2) is 37.3 Å². The number of carbonyl (C=O) groups excluding carboxylic acids is 1. The molecule has 36 heavy (non-hydrogen) atoms. The Morgan fingerprint density at radius 3 is 2.61 bits per heavy atom. The molecule has 0 aromatic carbocycles. The van der Waals surface area contributed by atoms with Gasteiger partial charge in [0.2, 0.25) is 5.95 Å². The fourth-order valence-corrected chi connectivity index (χ4v) is 4.37. The van der Waals surface area contributed by atoms with Crippen LogP contribution in [0.5, 0.6) is 0 Å². The maximum atomic E-state index is 14.2. The monoisotopic (exact) mass is 514 g/mol. The number of likely N-dealkylation sites (tertiary alicyclic amines) is 1. The second-order valence-electron chi connectivity index (χ2n) is 10.2. The lowest BCUT2D eigenvalue weighted by Crippen LogP contribution is -2.52. The third-order valence-electron chi connectivity index (χ3n) is 6.18. The van der Waals surface area contributed by atoms with Crippen molar-refractivity contribution in [2.24, 2.45) is 0 Å². The minimum atomic E-state index is -2.99. The van der Waals surface area contributed by atoms with Crippen LogP contribution >= 0.6 is 0 Å². The lowest BCUT2D eigenvalue weighted by Gasteiger charge is -2.36. The van der Waals surface area contributed by atoms with Crippen molar-refractivity contribution in [1.29, 1.82) is 0 Å². The largest absolute Gasteiger partial charge is 0.444 e. The van der Waals surface area contributed by atoms with E-state index < -0.39 is 47.9 Å². The number of hydrogen-bond acceptors (Lipinski definition) is 8. The third kappa shape index (κ3) is 5.88. The Morgan fingerprint density at radius 1 is 1.25 bits per heavy atom. The van der Waals surface area contributed by atoms with Crippen molar-refractivity contribution < 1.29 is 32.2 Å². The number of pyridine rings is 1. The summed E-state index contributed by atoms with van der Waals surface area (Å²) in [4.78, 5) is 26.1. The van der Waals surface area contributed by atoms with Gasteiger partial charge in [0.15, 0.2) is 5.82 Å². The molecule has 198 valence electrons. The van der Waals surface area contributed by atoms with Crippen LogP contribution in [0.25, 0.3) is 10.9 Å². The number of alkyl halides is 4. The summed E-state index contributed by atoms with van der Waals surface area (Å²) in [6, 6.07) is -0.632. The fraction of sp³-hybridized carbons (Fsp3) is 0.652. The maximum Gasteiger partial charge on any atom is 0.410 e. The highest BCUT2D eigenvalue weighted by molar-refractivity contribution is 5.89. The van der Waals surface area contributed by atoms with Gasteiger partial charge in [0.1, 0.15) is 16.8 Å². The number of aliphatic hydroxyl groups excluding tert-OH is 1. The fourth-order valence-electron chi connectivity index (χ4n) is 4.37. The Bertz CT molecular complexity index is 1110. The van der Waals surface area contributed by atoms with Crippen LogP contribution in [0.1, 0.15) is 58.6 Å². The number of carbonyl (C=O) groups is 1. The van der Waals surface area contributed by atoms with E-state index in [-0.39, 0.29) is 42.1 Å². The average molecular weight is 515 g/mol. The first-order valence-electron chi connectivity index (χ1n) is 11.8. The summed E-state index contributed by atoms with van der Waals surface area (Å²) in [7, 11) is 0. The standard InChI is InChI=1S/C23H30F4N6O3/c1-22(2,3)36-21(35)33-8-6-13(15(34)11-33)30-20-28-10-12-9-14(18(24)25)29-19(17(12)32-20)31-16-5-4-7-23(16,26)27/h9-10,13,15-16,18,34H,4-8,11H2,1-3H3,(H,29,31)(H,28,30,32)/t13-,15+,16?/m0/s1. The first-order chi connectivity index (χ1) is 16.8. The van der Waals surface area contributed by atoms with E-state index in [1.165, 1.54) is 11.1 Å². The van der Waals surface area contributed by atoms with E-state index in [1.54, 1.807) is 20.8 Å². The minimum Gasteiger partial charge on any atom is -0.444 e. The number of nitrogens with zero attached hydrogens (tertiary/aromatic N) is 4. The van der Waals surface area contributed by atoms with Crippen LogP contribution in [0.3, 0.4) is 0 Å². The predicted molar refractivity (Wildman–Crippen MR) is 124 cm³/mol. The molecular formula is C23H30F4N6O3. The second kappa shape index (κ2) is 9.83. The molecule has 2 aromatic rings. The topological polar surface area (TPSA) is 112 Å². The van der Waals surface area contributed by atoms with E-state index in [0.717, 1.165) is 6.07 Å². The number of rotatable bonds is 5. The van der Waals surface area contributed by atoms with Gasteiger partial charge >= 0.3 is 6.09 Å². The summed E-state index contributed by atoms with van der Waals surface area (Å²) in [5.41, 5.74) is -1.12. The lowest BCUT2D eigenvalue weighted by molar-refractivity contribution is -0.000791.